The van der Waals surface area contributed by atoms with Crippen LogP contribution in [0.25, 0.3) is 0 Å². The lowest BCUT2D eigenvalue weighted by molar-refractivity contribution is 0.0276. The molecule has 1 N–H and O–H groups in total. The summed E-state index contributed by atoms with van der Waals surface area (Å²) in [6.07, 6.45) is 0.133. The maximum atomic E-state index is 5.66. The van der Waals surface area contributed by atoms with Gasteiger partial charge in [0.1, 0.15) is 0 Å². The molecule has 2 heterocycles. The maximum absolute atomic E-state index is 5.66. The third-order valence-corrected chi connectivity index (χ3v) is 2.70. The normalized spacial score (nSPS) is 22.6. The highest BCUT2D eigenvalue weighted by Crippen LogP contribution is 2.34. The van der Waals surface area contributed by atoms with Crippen molar-refractivity contribution >= 4 is 12.4 Å². The van der Waals surface area contributed by atoms with Gasteiger partial charge in [-0.15, -0.1) is 12.4 Å². The van der Waals surface area contributed by atoms with E-state index >= 15 is 0 Å². The molecule has 5 heteroatoms. The first kappa shape index (κ1) is 11.5. The second-order valence-corrected chi connectivity index (χ2v) is 3.68. The van der Waals surface area contributed by atoms with Crippen molar-refractivity contribution in [2.45, 2.75) is 6.10 Å². The highest BCUT2D eigenvalue weighted by Gasteiger charge is 2.19. The van der Waals surface area contributed by atoms with E-state index in [0.29, 0.717) is 6.79 Å². The summed E-state index contributed by atoms with van der Waals surface area (Å²) >= 11 is 0. The van der Waals surface area contributed by atoms with E-state index in [0.717, 1.165) is 36.8 Å². The van der Waals surface area contributed by atoms with Gasteiger partial charge in [-0.25, -0.2) is 0 Å². The van der Waals surface area contributed by atoms with Crippen molar-refractivity contribution in [3.05, 3.63) is 23.8 Å². The molecule has 0 aliphatic carbocycles. The van der Waals surface area contributed by atoms with Gasteiger partial charge < -0.3 is 19.5 Å². The molecule has 1 unspecified atom stereocenters. The zero-order chi connectivity index (χ0) is 10.1. The molecule has 88 valence electrons. The van der Waals surface area contributed by atoms with E-state index in [-0.39, 0.29) is 18.5 Å². The monoisotopic (exact) mass is 243 g/mol. The molecule has 0 bridgehead atoms. The third kappa shape index (κ3) is 2.09. The number of hydrogen-bond acceptors (Lipinski definition) is 4. The van der Waals surface area contributed by atoms with Crippen LogP contribution >= 0.6 is 12.4 Å². The van der Waals surface area contributed by atoms with Crippen molar-refractivity contribution in [3.63, 3.8) is 0 Å². The Morgan fingerprint density at radius 3 is 2.88 bits per heavy atom. The van der Waals surface area contributed by atoms with Crippen molar-refractivity contribution < 1.29 is 14.2 Å². The molecule has 1 aromatic carbocycles. The Labute approximate surface area is 100 Å². The molecule has 0 radical (unpaired) electrons. The van der Waals surface area contributed by atoms with Crippen molar-refractivity contribution in [1.82, 2.24) is 5.32 Å². The van der Waals surface area contributed by atoms with E-state index in [1.54, 1.807) is 0 Å². The van der Waals surface area contributed by atoms with Gasteiger partial charge in [-0.2, -0.15) is 0 Å². The third-order valence-electron chi connectivity index (χ3n) is 2.70. The molecule has 0 aromatic heterocycles. The first-order valence-corrected chi connectivity index (χ1v) is 5.15. The van der Waals surface area contributed by atoms with Crippen LogP contribution in [0.1, 0.15) is 11.7 Å². The first-order valence-electron chi connectivity index (χ1n) is 5.15. The van der Waals surface area contributed by atoms with Crippen LogP contribution in [0.15, 0.2) is 18.2 Å². The highest BCUT2D eigenvalue weighted by atomic mass is 35.5. The van der Waals surface area contributed by atoms with Crippen LogP contribution in [0.4, 0.5) is 0 Å². The summed E-state index contributed by atoms with van der Waals surface area (Å²) in [5.74, 6) is 1.64. The molecule has 1 saturated heterocycles. The average Bonchev–Trinajstić information content (AvgIpc) is 2.77. The summed E-state index contributed by atoms with van der Waals surface area (Å²) in [7, 11) is 0. The quantitative estimate of drug-likeness (QED) is 0.812. The number of nitrogens with one attached hydrogen (secondary N) is 1. The van der Waals surface area contributed by atoms with Gasteiger partial charge in [-0.05, 0) is 17.7 Å². The number of morpholine rings is 1. The maximum Gasteiger partial charge on any atom is 0.231 e. The average molecular weight is 244 g/mol. The topological polar surface area (TPSA) is 39.7 Å². The Balaban J connectivity index is 0.000000963. The van der Waals surface area contributed by atoms with E-state index in [1.165, 1.54) is 0 Å². The molecule has 16 heavy (non-hydrogen) atoms. The van der Waals surface area contributed by atoms with Crippen LogP contribution in [0.3, 0.4) is 0 Å². The lowest BCUT2D eigenvalue weighted by Crippen LogP contribution is -2.33. The molecular formula is C11H14ClNO3. The summed E-state index contributed by atoms with van der Waals surface area (Å²) in [6, 6.07) is 5.97. The fraction of sp³-hybridized carbons (Fsp3) is 0.455. The SMILES string of the molecule is Cl.c1cc2c(cc1C1CNCCO1)OCO2. The smallest absolute Gasteiger partial charge is 0.231 e. The van der Waals surface area contributed by atoms with Crippen LogP contribution in [0.2, 0.25) is 0 Å². The summed E-state index contributed by atoms with van der Waals surface area (Å²) in [5.41, 5.74) is 1.14. The van der Waals surface area contributed by atoms with Crippen molar-refractivity contribution in [2.24, 2.45) is 0 Å². The molecule has 4 nitrogen and oxygen atoms in total. The summed E-state index contributed by atoms with van der Waals surface area (Å²) in [5, 5.41) is 3.30. The molecule has 2 aliphatic rings. The number of benzene rings is 1. The number of hydrogen-bond donors (Lipinski definition) is 1. The highest BCUT2D eigenvalue weighted by molar-refractivity contribution is 5.85. The van der Waals surface area contributed by atoms with Gasteiger partial charge in [-0.3, -0.25) is 0 Å². The molecule has 3 rings (SSSR count). The standard InChI is InChI=1S/C11H13NO3.ClH/c1-2-9-10(15-7-14-9)5-8(1)11-6-12-3-4-13-11;/h1-2,5,11-12H,3-4,6-7H2;1H. The van der Waals surface area contributed by atoms with E-state index in [1.807, 2.05) is 18.2 Å². The van der Waals surface area contributed by atoms with Crippen LogP contribution in [0.5, 0.6) is 11.5 Å². The second kappa shape index (κ2) is 4.91. The van der Waals surface area contributed by atoms with Gasteiger partial charge in [0.25, 0.3) is 0 Å². The van der Waals surface area contributed by atoms with Crippen molar-refractivity contribution in [3.8, 4) is 11.5 Å². The minimum absolute atomic E-state index is 0. The van der Waals surface area contributed by atoms with Gasteiger partial charge in [0.2, 0.25) is 6.79 Å². The fourth-order valence-corrected chi connectivity index (χ4v) is 1.89. The van der Waals surface area contributed by atoms with Crippen LogP contribution < -0.4 is 14.8 Å². The van der Waals surface area contributed by atoms with Gasteiger partial charge in [0, 0.05) is 13.1 Å². The summed E-state index contributed by atoms with van der Waals surface area (Å²) in [6.45, 7) is 2.88. The Kier molecular flexibility index (Phi) is 3.53. The van der Waals surface area contributed by atoms with Gasteiger partial charge in [-0.1, -0.05) is 6.07 Å². The first-order chi connectivity index (χ1) is 7.43. The lowest BCUT2D eigenvalue weighted by Gasteiger charge is -2.23. The number of fused-ring (bicyclic) bond motifs is 1. The minimum Gasteiger partial charge on any atom is -0.454 e. The van der Waals surface area contributed by atoms with E-state index in [2.05, 4.69) is 5.32 Å². The van der Waals surface area contributed by atoms with E-state index in [9.17, 15) is 0 Å². The Morgan fingerprint density at radius 2 is 2.06 bits per heavy atom. The van der Waals surface area contributed by atoms with Crippen LogP contribution in [-0.2, 0) is 4.74 Å². The molecule has 2 aliphatic heterocycles. The molecule has 0 amide bonds. The number of ether oxygens (including phenoxy) is 3. The van der Waals surface area contributed by atoms with Crippen molar-refractivity contribution in [1.29, 1.82) is 0 Å². The predicted octanol–water partition coefficient (Wildman–Crippen LogP) is 1.50. The van der Waals surface area contributed by atoms with Gasteiger partial charge >= 0.3 is 0 Å². The Bertz CT molecular complexity index is 366. The van der Waals surface area contributed by atoms with Crippen molar-refractivity contribution in [2.75, 3.05) is 26.5 Å². The molecular weight excluding hydrogens is 230 g/mol. The second-order valence-electron chi connectivity index (χ2n) is 3.68. The van der Waals surface area contributed by atoms with Crippen LogP contribution in [0, 0.1) is 0 Å². The Hall–Kier alpha value is -0.970. The molecule has 1 fully saturated rings. The van der Waals surface area contributed by atoms with E-state index < -0.39 is 0 Å². The minimum atomic E-state index is 0. The molecule has 0 spiro atoms. The number of halogens is 1. The zero-order valence-corrected chi connectivity index (χ0v) is 9.59. The van der Waals surface area contributed by atoms with Gasteiger partial charge in [0.15, 0.2) is 11.5 Å². The Morgan fingerprint density at radius 1 is 1.19 bits per heavy atom. The molecule has 1 aromatic rings. The molecule has 1 atom stereocenters. The summed E-state index contributed by atoms with van der Waals surface area (Å²) in [4.78, 5) is 0. The summed E-state index contributed by atoms with van der Waals surface area (Å²) < 4.78 is 16.3. The van der Waals surface area contributed by atoms with Crippen LogP contribution in [-0.4, -0.2) is 26.5 Å². The fourth-order valence-electron chi connectivity index (χ4n) is 1.89. The lowest BCUT2D eigenvalue weighted by atomic mass is 10.1. The molecule has 0 saturated carbocycles. The van der Waals surface area contributed by atoms with Gasteiger partial charge in [0.05, 0.1) is 12.7 Å². The van der Waals surface area contributed by atoms with E-state index in [4.69, 9.17) is 14.2 Å². The zero-order valence-electron chi connectivity index (χ0n) is 8.77. The predicted molar refractivity (Wildman–Crippen MR) is 61.4 cm³/mol. The number of rotatable bonds is 1. The largest absolute Gasteiger partial charge is 0.454 e.